The number of rotatable bonds is 2. The third-order valence-corrected chi connectivity index (χ3v) is 2.53. The number of halogens is 1. The number of carbonyl (C=O) groups is 1. The van der Waals surface area contributed by atoms with Gasteiger partial charge in [0.25, 0.3) is 0 Å². The minimum atomic E-state index is -1.02. The first kappa shape index (κ1) is 9.97. The van der Waals surface area contributed by atoms with Crippen LogP contribution in [-0.2, 0) is 0 Å². The molecule has 0 aliphatic rings. The summed E-state index contributed by atoms with van der Waals surface area (Å²) in [6, 6.07) is 2.86. The summed E-state index contributed by atoms with van der Waals surface area (Å²) >= 11 is 3.16. The van der Waals surface area contributed by atoms with Gasteiger partial charge in [0.15, 0.2) is 10.4 Å². The topological polar surface area (TPSA) is 72.6 Å². The molecule has 0 amide bonds. The van der Waals surface area contributed by atoms with Crippen LogP contribution in [0.15, 0.2) is 21.3 Å². The maximum absolute atomic E-state index is 10.8. The monoisotopic (exact) mass is 271 g/mol. The van der Waals surface area contributed by atoms with Crippen LogP contribution in [-0.4, -0.2) is 23.3 Å². The molecule has 1 N–H and O–H groups in total. The Kier molecular flexibility index (Phi) is 2.36. The zero-order chi connectivity index (χ0) is 11.0. The normalized spacial score (nSPS) is 10.5. The van der Waals surface area contributed by atoms with Crippen molar-refractivity contribution in [2.75, 3.05) is 7.11 Å². The number of benzene rings is 1. The molecule has 0 aliphatic heterocycles. The highest BCUT2D eigenvalue weighted by atomic mass is 79.9. The summed E-state index contributed by atoms with van der Waals surface area (Å²) < 4.78 is 10.5. The number of carboxylic acid groups (broad SMARTS) is 1. The molecule has 2 aromatic rings. The summed E-state index contributed by atoms with van der Waals surface area (Å²) in [5, 5.41) is 13.1. The average Bonchev–Trinajstić information content (AvgIpc) is 2.59. The van der Waals surface area contributed by atoms with E-state index < -0.39 is 5.97 Å². The van der Waals surface area contributed by atoms with Crippen molar-refractivity contribution in [1.29, 1.82) is 0 Å². The van der Waals surface area contributed by atoms with Gasteiger partial charge in [-0.1, -0.05) is 5.16 Å². The fourth-order valence-corrected chi connectivity index (χ4v) is 1.63. The minimum Gasteiger partial charge on any atom is -0.493 e. The number of aromatic nitrogens is 1. The van der Waals surface area contributed by atoms with Gasteiger partial charge in [0.05, 0.1) is 18.1 Å². The second-order valence-corrected chi connectivity index (χ2v) is 3.58. The van der Waals surface area contributed by atoms with Crippen LogP contribution in [0.4, 0.5) is 0 Å². The number of ether oxygens (including phenoxy) is 1. The molecule has 6 heteroatoms. The summed E-state index contributed by atoms with van der Waals surface area (Å²) in [4.78, 5) is 10.8. The molecule has 0 radical (unpaired) electrons. The first-order chi connectivity index (χ1) is 7.13. The van der Waals surface area contributed by atoms with Crippen molar-refractivity contribution in [3.8, 4) is 5.75 Å². The zero-order valence-corrected chi connectivity index (χ0v) is 9.24. The number of methoxy groups -OCH3 is 1. The van der Waals surface area contributed by atoms with E-state index in [1.165, 1.54) is 19.2 Å². The van der Waals surface area contributed by atoms with Crippen LogP contribution in [0, 0.1) is 0 Å². The van der Waals surface area contributed by atoms with Crippen LogP contribution in [0.2, 0.25) is 0 Å². The SMILES string of the molecule is COc1cc(C(=O)O)cc2c(Br)noc12. The summed E-state index contributed by atoms with van der Waals surface area (Å²) in [6.45, 7) is 0. The molecule has 5 nitrogen and oxygen atoms in total. The lowest BCUT2D eigenvalue weighted by Gasteiger charge is -2.01. The Morgan fingerprint density at radius 3 is 2.93 bits per heavy atom. The molecule has 1 aromatic heterocycles. The van der Waals surface area contributed by atoms with Gasteiger partial charge in [-0.05, 0) is 28.1 Å². The van der Waals surface area contributed by atoms with Gasteiger partial charge in [-0.2, -0.15) is 0 Å². The van der Waals surface area contributed by atoms with Crippen molar-refractivity contribution in [3.05, 3.63) is 22.3 Å². The van der Waals surface area contributed by atoms with Crippen molar-refractivity contribution < 1.29 is 19.2 Å². The summed E-state index contributed by atoms with van der Waals surface area (Å²) in [5.41, 5.74) is 0.553. The summed E-state index contributed by atoms with van der Waals surface area (Å²) in [7, 11) is 1.44. The summed E-state index contributed by atoms with van der Waals surface area (Å²) in [6.07, 6.45) is 0. The molecule has 0 aliphatic carbocycles. The molecule has 15 heavy (non-hydrogen) atoms. The molecule has 78 valence electrons. The quantitative estimate of drug-likeness (QED) is 0.908. The lowest BCUT2D eigenvalue weighted by atomic mass is 10.1. The minimum absolute atomic E-state index is 0.128. The van der Waals surface area contributed by atoms with Crippen LogP contribution < -0.4 is 4.74 Å². The van der Waals surface area contributed by atoms with Crippen LogP contribution >= 0.6 is 15.9 Å². The lowest BCUT2D eigenvalue weighted by molar-refractivity contribution is 0.0696. The van der Waals surface area contributed by atoms with Crippen LogP contribution in [0.1, 0.15) is 10.4 Å². The van der Waals surface area contributed by atoms with Crippen LogP contribution in [0.5, 0.6) is 5.75 Å². The number of hydrogen-bond acceptors (Lipinski definition) is 4. The van der Waals surface area contributed by atoms with Crippen molar-refractivity contribution in [1.82, 2.24) is 5.16 Å². The Hall–Kier alpha value is -1.56. The van der Waals surface area contributed by atoms with E-state index in [4.69, 9.17) is 14.4 Å². The van der Waals surface area contributed by atoms with Crippen molar-refractivity contribution >= 4 is 32.9 Å². The lowest BCUT2D eigenvalue weighted by Crippen LogP contribution is -1.96. The largest absolute Gasteiger partial charge is 0.493 e. The summed E-state index contributed by atoms with van der Waals surface area (Å²) in [5.74, 6) is -0.675. The van der Waals surface area contributed by atoms with E-state index in [1.807, 2.05) is 0 Å². The van der Waals surface area contributed by atoms with Gasteiger partial charge in [0.2, 0.25) is 5.58 Å². The van der Waals surface area contributed by atoms with E-state index >= 15 is 0 Å². The van der Waals surface area contributed by atoms with Crippen LogP contribution in [0.3, 0.4) is 0 Å². The zero-order valence-electron chi connectivity index (χ0n) is 7.65. The van der Waals surface area contributed by atoms with Gasteiger partial charge in [0, 0.05) is 0 Å². The highest BCUT2D eigenvalue weighted by Gasteiger charge is 2.15. The maximum atomic E-state index is 10.8. The van der Waals surface area contributed by atoms with Gasteiger partial charge >= 0.3 is 5.97 Å². The molecule has 0 bridgehead atoms. The molecule has 0 atom stereocenters. The van der Waals surface area contributed by atoms with E-state index in [-0.39, 0.29) is 5.56 Å². The molecule has 0 fully saturated rings. The first-order valence-corrected chi connectivity index (χ1v) is 4.79. The highest BCUT2D eigenvalue weighted by molar-refractivity contribution is 9.10. The molecule has 0 unspecified atom stereocenters. The Balaban J connectivity index is 2.79. The third kappa shape index (κ3) is 1.56. The second kappa shape index (κ2) is 3.54. The highest BCUT2D eigenvalue weighted by Crippen LogP contribution is 2.32. The average molecular weight is 272 g/mol. The number of carboxylic acids is 1. The number of hydrogen-bond donors (Lipinski definition) is 1. The molecular weight excluding hydrogens is 266 g/mol. The number of fused-ring (bicyclic) bond motifs is 1. The molecule has 0 spiro atoms. The van der Waals surface area contributed by atoms with Crippen LogP contribution in [0.25, 0.3) is 11.0 Å². The Morgan fingerprint density at radius 1 is 1.60 bits per heavy atom. The van der Waals surface area contributed by atoms with E-state index in [2.05, 4.69) is 21.1 Å². The predicted molar refractivity (Wildman–Crippen MR) is 55.2 cm³/mol. The fraction of sp³-hybridized carbons (Fsp3) is 0.111. The Morgan fingerprint density at radius 2 is 2.33 bits per heavy atom. The molecule has 0 saturated heterocycles. The van der Waals surface area contributed by atoms with E-state index in [9.17, 15) is 4.79 Å². The molecular formula is C9H6BrNO4. The van der Waals surface area contributed by atoms with Crippen molar-refractivity contribution in [3.63, 3.8) is 0 Å². The van der Waals surface area contributed by atoms with Crippen molar-refractivity contribution in [2.45, 2.75) is 0 Å². The molecule has 2 rings (SSSR count). The van der Waals surface area contributed by atoms with Gasteiger partial charge in [-0.3, -0.25) is 0 Å². The van der Waals surface area contributed by atoms with E-state index in [1.54, 1.807) is 0 Å². The maximum Gasteiger partial charge on any atom is 0.335 e. The van der Waals surface area contributed by atoms with Gasteiger partial charge in [-0.25, -0.2) is 4.79 Å². The van der Waals surface area contributed by atoms with Gasteiger partial charge in [0.1, 0.15) is 0 Å². The molecule has 0 saturated carbocycles. The second-order valence-electron chi connectivity index (χ2n) is 2.83. The Bertz CT molecular complexity index is 534. The van der Waals surface area contributed by atoms with E-state index in [0.717, 1.165) is 0 Å². The fourth-order valence-electron chi connectivity index (χ4n) is 1.26. The number of nitrogens with zero attached hydrogens (tertiary/aromatic N) is 1. The Labute approximate surface area is 92.7 Å². The first-order valence-electron chi connectivity index (χ1n) is 3.99. The standard InChI is InChI=1S/C9H6BrNO4/c1-14-6-3-4(9(12)13)2-5-7(6)15-11-8(5)10/h2-3H,1H3,(H,12,13). The van der Waals surface area contributed by atoms with Crippen molar-refractivity contribution in [2.24, 2.45) is 0 Å². The van der Waals surface area contributed by atoms with Gasteiger partial charge in [-0.15, -0.1) is 0 Å². The third-order valence-electron chi connectivity index (χ3n) is 1.96. The predicted octanol–water partition coefficient (Wildman–Crippen LogP) is 2.30. The molecule has 1 heterocycles. The smallest absolute Gasteiger partial charge is 0.335 e. The van der Waals surface area contributed by atoms with E-state index in [0.29, 0.717) is 21.3 Å². The molecule has 1 aromatic carbocycles. The van der Waals surface area contributed by atoms with Gasteiger partial charge < -0.3 is 14.4 Å². The number of aromatic carboxylic acids is 1.